The Morgan fingerprint density at radius 2 is 1.58 bits per heavy atom. The zero-order valence-corrected chi connectivity index (χ0v) is 14.6. The van der Waals surface area contributed by atoms with Crippen molar-refractivity contribution in [1.29, 1.82) is 0 Å². The predicted octanol–water partition coefficient (Wildman–Crippen LogP) is 6.60. The number of aromatic nitrogens is 1. The first kappa shape index (κ1) is 17.5. The van der Waals surface area contributed by atoms with Gasteiger partial charge in [-0.3, -0.25) is 0 Å². The smallest absolute Gasteiger partial charge is 0.0730 e. The van der Waals surface area contributed by atoms with Crippen molar-refractivity contribution in [1.82, 2.24) is 4.98 Å². The van der Waals surface area contributed by atoms with Crippen LogP contribution in [-0.4, -0.2) is 4.98 Å². The Morgan fingerprint density at radius 3 is 2.21 bits per heavy atom. The van der Waals surface area contributed by atoms with Gasteiger partial charge in [0, 0.05) is 16.6 Å². The molecule has 0 bridgehead atoms. The van der Waals surface area contributed by atoms with Crippen LogP contribution in [0.1, 0.15) is 30.7 Å². The van der Waals surface area contributed by atoms with Crippen LogP contribution in [0.3, 0.4) is 0 Å². The molecule has 0 radical (unpaired) electrons. The number of hydrogen-bond donors (Lipinski definition) is 1. The van der Waals surface area contributed by atoms with Gasteiger partial charge in [0.2, 0.25) is 0 Å². The SMILES string of the molecule is C=Cc1nc2ccccc2c(Nc2ccc(C)cc2)c1C=C.CC. The summed E-state index contributed by atoms with van der Waals surface area (Å²) in [6, 6.07) is 16.4. The number of fused-ring (bicyclic) bond motifs is 1. The third kappa shape index (κ3) is 3.54. The Morgan fingerprint density at radius 1 is 0.917 bits per heavy atom. The molecular weight excluding hydrogens is 292 g/mol. The summed E-state index contributed by atoms with van der Waals surface area (Å²) in [5.74, 6) is 0. The highest BCUT2D eigenvalue weighted by Crippen LogP contribution is 2.32. The van der Waals surface area contributed by atoms with E-state index >= 15 is 0 Å². The minimum Gasteiger partial charge on any atom is -0.354 e. The van der Waals surface area contributed by atoms with Crippen LogP contribution in [0.5, 0.6) is 0 Å². The Bertz CT molecular complexity index is 846. The molecule has 2 heteroatoms. The molecule has 2 nitrogen and oxygen atoms in total. The summed E-state index contributed by atoms with van der Waals surface area (Å²) in [4.78, 5) is 4.65. The summed E-state index contributed by atoms with van der Waals surface area (Å²) in [5.41, 5.74) is 6.04. The van der Waals surface area contributed by atoms with Crippen LogP contribution >= 0.6 is 0 Å². The molecular formula is C22H24N2. The first-order valence-corrected chi connectivity index (χ1v) is 8.24. The minimum absolute atomic E-state index is 0.836. The van der Waals surface area contributed by atoms with Crippen LogP contribution < -0.4 is 5.32 Å². The average molecular weight is 316 g/mol. The highest BCUT2D eigenvalue weighted by Gasteiger charge is 2.11. The molecule has 0 aliphatic heterocycles. The zero-order chi connectivity index (χ0) is 17.5. The van der Waals surface area contributed by atoms with Gasteiger partial charge in [0.05, 0.1) is 16.9 Å². The maximum atomic E-state index is 4.65. The number of anilines is 2. The Balaban J connectivity index is 0.00000100. The molecule has 0 atom stereocenters. The summed E-state index contributed by atoms with van der Waals surface area (Å²) in [7, 11) is 0. The van der Waals surface area contributed by atoms with Gasteiger partial charge in [-0.2, -0.15) is 0 Å². The third-order valence-electron chi connectivity index (χ3n) is 3.68. The molecule has 24 heavy (non-hydrogen) atoms. The van der Waals surface area contributed by atoms with E-state index in [1.54, 1.807) is 6.08 Å². The monoisotopic (exact) mass is 316 g/mol. The van der Waals surface area contributed by atoms with E-state index in [0.717, 1.165) is 33.5 Å². The first-order valence-electron chi connectivity index (χ1n) is 8.24. The fraction of sp³-hybridized carbons (Fsp3) is 0.136. The standard InChI is InChI=1S/C20H18N2.C2H6/c1-4-16-18(5-2)22-19-9-7-6-8-17(19)20(16)21-15-12-10-14(3)11-13-15;1-2/h4-13H,1-2H2,3H3,(H,21,22);1-2H3. The van der Waals surface area contributed by atoms with Crippen molar-refractivity contribution in [2.45, 2.75) is 20.8 Å². The molecule has 0 saturated heterocycles. The van der Waals surface area contributed by atoms with E-state index < -0.39 is 0 Å². The van der Waals surface area contributed by atoms with Crippen molar-refractivity contribution in [2.24, 2.45) is 0 Å². The first-order chi connectivity index (χ1) is 11.7. The number of para-hydroxylation sites is 1. The van der Waals surface area contributed by atoms with Crippen molar-refractivity contribution < 1.29 is 0 Å². The quantitative estimate of drug-likeness (QED) is 0.586. The summed E-state index contributed by atoms with van der Waals surface area (Å²) in [6.07, 6.45) is 3.59. The molecule has 3 rings (SSSR count). The van der Waals surface area contributed by atoms with E-state index in [1.807, 2.05) is 38.1 Å². The lowest BCUT2D eigenvalue weighted by atomic mass is 10.0. The number of benzene rings is 2. The van der Waals surface area contributed by atoms with E-state index in [0.29, 0.717) is 0 Å². The maximum absolute atomic E-state index is 4.65. The van der Waals surface area contributed by atoms with Crippen molar-refractivity contribution in [3.63, 3.8) is 0 Å². The Labute approximate surface area is 144 Å². The molecule has 0 saturated carbocycles. The van der Waals surface area contributed by atoms with Gasteiger partial charge in [0.1, 0.15) is 0 Å². The lowest BCUT2D eigenvalue weighted by Gasteiger charge is -2.15. The predicted molar refractivity (Wildman–Crippen MR) is 108 cm³/mol. The summed E-state index contributed by atoms with van der Waals surface area (Å²) in [6.45, 7) is 13.9. The van der Waals surface area contributed by atoms with Gasteiger partial charge >= 0.3 is 0 Å². The van der Waals surface area contributed by atoms with Gasteiger partial charge in [0.15, 0.2) is 0 Å². The third-order valence-corrected chi connectivity index (χ3v) is 3.68. The Kier molecular flexibility index (Phi) is 5.91. The molecule has 0 fully saturated rings. The second kappa shape index (κ2) is 8.11. The highest BCUT2D eigenvalue weighted by molar-refractivity contribution is 5.99. The van der Waals surface area contributed by atoms with Gasteiger partial charge in [-0.05, 0) is 31.2 Å². The van der Waals surface area contributed by atoms with Crippen LogP contribution in [0, 0.1) is 6.92 Å². The van der Waals surface area contributed by atoms with Crippen LogP contribution in [0.15, 0.2) is 61.7 Å². The fourth-order valence-electron chi connectivity index (χ4n) is 2.52. The van der Waals surface area contributed by atoms with Gasteiger partial charge in [-0.1, -0.05) is 69.0 Å². The number of pyridine rings is 1. The van der Waals surface area contributed by atoms with E-state index in [9.17, 15) is 0 Å². The topological polar surface area (TPSA) is 24.9 Å². The summed E-state index contributed by atoms with van der Waals surface area (Å²) < 4.78 is 0. The number of aryl methyl sites for hydroxylation is 1. The fourth-order valence-corrected chi connectivity index (χ4v) is 2.52. The number of nitrogens with one attached hydrogen (secondary N) is 1. The lowest BCUT2D eigenvalue weighted by molar-refractivity contribution is 1.35. The van der Waals surface area contributed by atoms with Crippen molar-refractivity contribution in [3.05, 3.63) is 78.5 Å². The number of hydrogen-bond acceptors (Lipinski definition) is 2. The summed E-state index contributed by atoms with van der Waals surface area (Å²) >= 11 is 0. The van der Waals surface area contributed by atoms with E-state index in [4.69, 9.17) is 0 Å². The maximum Gasteiger partial charge on any atom is 0.0730 e. The Hall–Kier alpha value is -2.87. The molecule has 1 heterocycles. The highest BCUT2D eigenvalue weighted by atomic mass is 14.9. The minimum atomic E-state index is 0.836. The molecule has 1 aromatic heterocycles. The van der Waals surface area contributed by atoms with Crippen LogP contribution in [0.2, 0.25) is 0 Å². The second-order valence-electron chi connectivity index (χ2n) is 5.20. The van der Waals surface area contributed by atoms with E-state index in [2.05, 4.69) is 60.7 Å². The van der Waals surface area contributed by atoms with Gasteiger partial charge in [-0.15, -0.1) is 0 Å². The second-order valence-corrected chi connectivity index (χ2v) is 5.20. The molecule has 1 N–H and O–H groups in total. The molecule has 0 amide bonds. The molecule has 0 aliphatic rings. The van der Waals surface area contributed by atoms with Gasteiger partial charge in [-0.25, -0.2) is 4.98 Å². The van der Waals surface area contributed by atoms with Crippen LogP contribution in [0.4, 0.5) is 11.4 Å². The number of rotatable bonds is 4. The average Bonchev–Trinajstić information content (AvgIpc) is 2.64. The molecule has 122 valence electrons. The zero-order valence-electron chi connectivity index (χ0n) is 14.6. The lowest BCUT2D eigenvalue weighted by Crippen LogP contribution is -1.99. The molecule has 2 aromatic carbocycles. The van der Waals surface area contributed by atoms with Crippen LogP contribution in [-0.2, 0) is 0 Å². The van der Waals surface area contributed by atoms with Gasteiger partial charge in [0.25, 0.3) is 0 Å². The van der Waals surface area contributed by atoms with Crippen molar-refractivity contribution >= 4 is 34.4 Å². The normalized spacial score (nSPS) is 9.79. The van der Waals surface area contributed by atoms with Crippen molar-refractivity contribution in [3.8, 4) is 0 Å². The van der Waals surface area contributed by atoms with E-state index in [-0.39, 0.29) is 0 Å². The van der Waals surface area contributed by atoms with Gasteiger partial charge < -0.3 is 5.32 Å². The number of nitrogens with zero attached hydrogens (tertiary/aromatic N) is 1. The van der Waals surface area contributed by atoms with E-state index in [1.165, 1.54) is 5.56 Å². The largest absolute Gasteiger partial charge is 0.354 e. The summed E-state index contributed by atoms with van der Waals surface area (Å²) in [5, 5.41) is 4.58. The molecule has 0 spiro atoms. The van der Waals surface area contributed by atoms with Crippen molar-refractivity contribution in [2.75, 3.05) is 5.32 Å². The molecule has 0 unspecified atom stereocenters. The molecule has 0 aliphatic carbocycles. The molecule has 3 aromatic rings. The van der Waals surface area contributed by atoms with Crippen LogP contribution in [0.25, 0.3) is 23.1 Å².